The Labute approximate surface area is 211 Å². The molecule has 0 unspecified atom stereocenters. The van der Waals surface area contributed by atoms with Crippen LogP contribution in [0.15, 0.2) is 60.7 Å². The molecule has 35 heavy (non-hydrogen) atoms. The third-order valence-electron chi connectivity index (χ3n) is 9.19. The third-order valence-corrected chi connectivity index (χ3v) is 11.5. The summed E-state index contributed by atoms with van der Waals surface area (Å²) in [6.07, 6.45) is 7.33. The first-order chi connectivity index (χ1) is 17.2. The third kappa shape index (κ3) is 3.70. The predicted octanol–water partition coefficient (Wildman–Crippen LogP) is 8.77. The van der Waals surface area contributed by atoms with Crippen molar-refractivity contribution in [1.82, 2.24) is 0 Å². The Kier molecular flexibility index (Phi) is 5.40. The molecule has 3 aromatic carbocycles. The van der Waals surface area contributed by atoms with Crippen molar-refractivity contribution in [3.63, 3.8) is 0 Å². The van der Waals surface area contributed by atoms with Crippen LogP contribution >= 0.6 is 10.5 Å². The van der Waals surface area contributed by atoms with E-state index in [1.165, 1.54) is 68.3 Å². The van der Waals surface area contributed by atoms with Gasteiger partial charge in [0.1, 0.15) is 5.75 Å². The summed E-state index contributed by atoms with van der Waals surface area (Å²) in [6.45, 7) is 5.60. The van der Waals surface area contributed by atoms with Gasteiger partial charge in [0.15, 0.2) is 21.1 Å². The number of benzene rings is 3. The van der Waals surface area contributed by atoms with Gasteiger partial charge in [0.25, 0.3) is 0 Å². The second-order valence-electron chi connectivity index (χ2n) is 11.4. The van der Waals surface area contributed by atoms with Crippen LogP contribution in [0.4, 0.5) is 0 Å². The standard InChI is InChI=1S/C32H35O2S/c1-20-11-26(35-30-9-5-3-7-27(30)28-8-4-6-10-31(28)35)12-21(2)32(20)34-19-33-18-29-24-14-22-13-23(16-24)17-25(29)15-22/h3-12,22-25,29H,13-19H2,1-2H3/q+1. The van der Waals surface area contributed by atoms with Gasteiger partial charge in [0.2, 0.25) is 0 Å². The van der Waals surface area contributed by atoms with Crippen molar-refractivity contribution in [2.45, 2.75) is 46.0 Å². The summed E-state index contributed by atoms with van der Waals surface area (Å²) in [7, 11) is -0.0691. The van der Waals surface area contributed by atoms with Crippen LogP contribution in [0.2, 0.25) is 0 Å². The zero-order valence-corrected chi connectivity index (χ0v) is 21.7. The lowest BCUT2D eigenvalue weighted by molar-refractivity contribution is -0.0913. The maximum Gasteiger partial charge on any atom is 0.189 e. The highest BCUT2D eigenvalue weighted by molar-refractivity contribution is 7.50. The largest absolute Gasteiger partial charge is 0.467 e. The molecule has 0 spiro atoms. The van der Waals surface area contributed by atoms with E-state index in [0.717, 1.165) is 41.9 Å². The molecule has 2 nitrogen and oxygen atoms in total. The zero-order chi connectivity index (χ0) is 23.5. The van der Waals surface area contributed by atoms with E-state index in [1.807, 2.05) is 0 Å². The first-order valence-electron chi connectivity index (χ1n) is 13.4. The van der Waals surface area contributed by atoms with Crippen molar-refractivity contribution in [2.24, 2.45) is 29.6 Å². The molecule has 180 valence electrons. The van der Waals surface area contributed by atoms with Gasteiger partial charge in [0, 0.05) is 33.4 Å². The molecule has 0 radical (unpaired) electrons. The molecule has 1 aromatic heterocycles. The number of hydrogen-bond donors (Lipinski definition) is 0. The number of thiophene rings is 1. The predicted molar refractivity (Wildman–Crippen MR) is 147 cm³/mol. The highest BCUT2D eigenvalue weighted by Gasteiger charge is 2.48. The van der Waals surface area contributed by atoms with Gasteiger partial charge >= 0.3 is 0 Å². The Balaban J connectivity index is 1.09. The van der Waals surface area contributed by atoms with Gasteiger partial charge in [-0.3, -0.25) is 0 Å². The molecule has 0 amide bonds. The van der Waals surface area contributed by atoms with Crippen LogP contribution < -0.4 is 4.74 Å². The summed E-state index contributed by atoms with van der Waals surface area (Å²) in [4.78, 5) is 1.37. The minimum absolute atomic E-state index is 0.0691. The lowest BCUT2D eigenvalue weighted by atomic mass is 9.52. The highest BCUT2D eigenvalue weighted by atomic mass is 32.2. The Morgan fingerprint density at radius 1 is 0.743 bits per heavy atom. The SMILES string of the molecule is Cc1cc(-[s+]2c3ccccc3c3ccccc32)cc(C)c1OCOCC1C2CC3CC(C2)CC1C3. The summed E-state index contributed by atoms with van der Waals surface area (Å²) in [5.74, 6) is 5.61. The molecule has 4 aliphatic carbocycles. The summed E-state index contributed by atoms with van der Waals surface area (Å²) in [6, 6.07) is 22.4. The maximum absolute atomic E-state index is 6.25. The minimum Gasteiger partial charge on any atom is -0.467 e. The average molecular weight is 484 g/mol. The van der Waals surface area contributed by atoms with E-state index in [2.05, 4.69) is 74.5 Å². The molecule has 4 saturated carbocycles. The van der Waals surface area contributed by atoms with E-state index in [9.17, 15) is 0 Å². The molecular formula is C32H35O2S+. The maximum atomic E-state index is 6.25. The van der Waals surface area contributed by atoms with Gasteiger partial charge in [-0.15, -0.1) is 0 Å². The Hall–Kier alpha value is -2.36. The topological polar surface area (TPSA) is 18.5 Å². The number of rotatable bonds is 6. The molecule has 4 aliphatic rings. The molecule has 3 heteroatoms. The van der Waals surface area contributed by atoms with Crippen molar-refractivity contribution in [2.75, 3.05) is 13.4 Å². The van der Waals surface area contributed by atoms with Gasteiger partial charge in [-0.05, 0) is 111 Å². The molecule has 4 fully saturated rings. The summed E-state index contributed by atoms with van der Waals surface area (Å²) in [5, 5.41) is 2.75. The summed E-state index contributed by atoms with van der Waals surface area (Å²) in [5.41, 5.74) is 2.40. The molecule has 0 N–H and O–H groups in total. The van der Waals surface area contributed by atoms with E-state index >= 15 is 0 Å². The van der Waals surface area contributed by atoms with Crippen molar-refractivity contribution >= 4 is 30.6 Å². The average Bonchev–Trinajstić information content (AvgIpc) is 3.18. The van der Waals surface area contributed by atoms with Crippen LogP contribution in [0.5, 0.6) is 5.75 Å². The molecule has 4 bridgehead atoms. The molecule has 1 heterocycles. The molecule has 0 saturated heterocycles. The quantitative estimate of drug-likeness (QED) is 0.155. The van der Waals surface area contributed by atoms with E-state index in [-0.39, 0.29) is 10.5 Å². The van der Waals surface area contributed by atoms with Gasteiger partial charge in [0.05, 0.1) is 6.61 Å². The fourth-order valence-corrected chi connectivity index (χ4v) is 10.5. The number of fused-ring (bicyclic) bond motifs is 3. The number of aryl methyl sites for hydroxylation is 2. The lowest BCUT2D eigenvalue weighted by Gasteiger charge is -2.54. The lowest BCUT2D eigenvalue weighted by Crippen LogP contribution is -2.46. The molecule has 0 atom stereocenters. The highest BCUT2D eigenvalue weighted by Crippen LogP contribution is 2.56. The van der Waals surface area contributed by atoms with Crippen LogP contribution in [0, 0.1) is 43.4 Å². The fraction of sp³-hybridized carbons (Fsp3) is 0.438. The smallest absolute Gasteiger partial charge is 0.189 e. The molecule has 8 rings (SSSR count). The Morgan fingerprint density at radius 2 is 1.29 bits per heavy atom. The second kappa shape index (κ2) is 8.64. The van der Waals surface area contributed by atoms with Gasteiger partial charge in [-0.25, -0.2) is 0 Å². The van der Waals surface area contributed by atoms with E-state index in [4.69, 9.17) is 9.47 Å². The normalized spacial score (nSPS) is 27.2. The van der Waals surface area contributed by atoms with Crippen LogP contribution in [-0.4, -0.2) is 13.4 Å². The number of ether oxygens (including phenoxy) is 2. The number of hydrogen-bond acceptors (Lipinski definition) is 2. The van der Waals surface area contributed by atoms with Crippen molar-refractivity contribution in [1.29, 1.82) is 0 Å². The van der Waals surface area contributed by atoms with Crippen molar-refractivity contribution in [3.05, 3.63) is 71.8 Å². The summed E-state index contributed by atoms with van der Waals surface area (Å²) < 4.78 is 15.3. The van der Waals surface area contributed by atoms with Gasteiger partial charge in [-0.1, -0.05) is 24.3 Å². The van der Waals surface area contributed by atoms with Crippen molar-refractivity contribution in [3.8, 4) is 10.6 Å². The van der Waals surface area contributed by atoms with Crippen molar-refractivity contribution < 1.29 is 9.47 Å². The van der Waals surface area contributed by atoms with E-state index in [0.29, 0.717) is 6.79 Å². The van der Waals surface area contributed by atoms with Gasteiger partial charge < -0.3 is 9.47 Å². The monoisotopic (exact) mass is 483 g/mol. The van der Waals surface area contributed by atoms with Crippen LogP contribution in [0.3, 0.4) is 0 Å². The minimum atomic E-state index is -0.0691. The van der Waals surface area contributed by atoms with E-state index in [1.54, 1.807) is 0 Å². The van der Waals surface area contributed by atoms with Crippen LogP contribution in [0.25, 0.3) is 25.1 Å². The molecule has 4 aromatic rings. The second-order valence-corrected chi connectivity index (χ2v) is 13.4. The van der Waals surface area contributed by atoms with Gasteiger partial charge in [-0.2, -0.15) is 0 Å². The molecule has 0 aliphatic heterocycles. The first-order valence-corrected chi connectivity index (χ1v) is 14.6. The zero-order valence-electron chi connectivity index (χ0n) is 20.8. The molecular weight excluding hydrogens is 448 g/mol. The van der Waals surface area contributed by atoms with E-state index < -0.39 is 0 Å². The van der Waals surface area contributed by atoms with Crippen LogP contribution in [-0.2, 0) is 4.74 Å². The fourth-order valence-electron chi connectivity index (χ4n) is 7.96. The van der Waals surface area contributed by atoms with Crippen LogP contribution in [0.1, 0.15) is 43.2 Å². The Morgan fingerprint density at radius 3 is 1.86 bits per heavy atom. The summed E-state index contributed by atoms with van der Waals surface area (Å²) >= 11 is 0. The Bertz CT molecular complexity index is 1300. The first kappa shape index (κ1) is 21.9.